The molecule has 2 atom stereocenters. The molecule has 2 aromatic rings. The molecule has 0 unspecified atom stereocenters. The van der Waals surface area contributed by atoms with Crippen LogP contribution in [-0.4, -0.2) is 53.7 Å². The second kappa shape index (κ2) is 8.38. The molecule has 1 aromatic carbocycles. The molecule has 3 heterocycles. The molecule has 31 heavy (non-hydrogen) atoms. The molecule has 1 N–H and O–H groups in total. The van der Waals surface area contributed by atoms with Crippen LogP contribution < -0.4 is 10.2 Å². The van der Waals surface area contributed by atoms with Crippen molar-refractivity contribution in [2.75, 3.05) is 36.4 Å². The quantitative estimate of drug-likeness (QED) is 0.767. The zero-order chi connectivity index (χ0) is 22.2. The number of nitrogens with one attached hydrogen (secondary N) is 1. The first-order valence-corrected chi connectivity index (χ1v) is 10.8. The predicted molar refractivity (Wildman–Crippen MR) is 121 cm³/mol. The number of nitrogens with zero attached hydrogens (tertiary/aromatic N) is 3. The minimum Gasteiger partial charge on any atom is -0.444 e. The molecule has 1 aromatic heterocycles. The molecule has 2 fully saturated rings. The van der Waals surface area contributed by atoms with Gasteiger partial charge in [-0.2, -0.15) is 0 Å². The maximum Gasteiger partial charge on any atom is 0.410 e. The summed E-state index contributed by atoms with van der Waals surface area (Å²) in [6.07, 6.45) is 3.11. The van der Waals surface area contributed by atoms with Crippen molar-refractivity contribution in [2.24, 2.45) is 11.8 Å². The lowest BCUT2D eigenvalue weighted by molar-refractivity contribution is 0.0282. The van der Waals surface area contributed by atoms with Gasteiger partial charge in [0.25, 0.3) is 5.91 Å². The number of carbonyl (C=O) groups excluding carboxylic acids is 2. The van der Waals surface area contributed by atoms with Gasteiger partial charge in [0, 0.05) is 54.9 Å². The van der Waals surface area contributed by atoms with Crippen LogP contribution in [0, 0.1) is 11.8 Å². The number of amides is 2. The van der Waals surface area contributed by atoms with Crippen molar-refractivity contribution in [1.82, 2.24) is 9.88 Å². The van der Waals surface area contributed by atoms with E-state index in [9.17, 15) is 9.59 Å². The van der Waals surface area contributed by atoms with Gasteiger partial charge in [-0.3, -0.25) is 9.78 Å². The van der Waals surface area contributed by atoms with E-state index in [4.69, 9.17) is 16.3 Å². The number of hydrogen-bond donors (Lipinski definition) is 1. The van der Waals surface area contributed by atoms with E-state index in [1.165, 1.54) is 0 Å². The fourth-order valence-electron chi connectivity index (χ4n) is 4.14. The molecule has 0 bridgehead atoms. The van der Waals surface area contributed by atoms with Gasteiger partial charge in [-0.1, -0.05) is 11.6 Å². The molecule has 2 amide bonds. The van der Waals surface area contributed by atoms with Crippen LogP contribution in [0.25, 0.3) is 0 Å². The first kappa shape index (κ1) is 21.4. The van der Waals surface area contributed by atoms with Crippen molar-refractivity contribution < 1.29 is 14.3 Å². The molecular weight excluding hydrogens is 416 g/mol. The van der Waals surface area contributed by atoms with Crippen molar-refractivity contribution in [1.29, 1.82) is 0 Å². The van der Waals surface area contributed by atoms with E-state index in [1.54, 1.807) is 36.7 Å². The number of carbonyl (C=O) groups is 2. The molecular formula is C23H27ClN4O3. The number of pyridine rings is 1. The van der Waals surface area contributed by atoms with Crippen molar-refractivity contribution >= 4 is 35.0 Å². The third-order valence-electron chi connectivity index (χ3n) is 5.59. The molecule has 2 saturated heterocycles. The monoisotopic (exact) mass is 442 g/mol. The molecule has 2 aliphatic heterocycles. The largest absolute Gasteiger partial charge is 0.444 e. The highest BCUT2D eigenvalue weighted by Gasteiger charge is 2.42. The minimum atomic E-state index is -0.487. The summed E-state index contributed by atoms with van der Waals surface area (Å²) in [6, 6.07) is 8.85. The number of fused-ring (bicyclic) bond motifs is 1. The van der Waals surface area contributed by atoms with E-state index in [0.29, 0.717) is 41.2 Å². The van der Waals surface area contributed by atoms with Gasteiger partial charge in [-0.15, -0.1) is 0 Å². The van der Waals surface area contributed by atoms with Crippen LogP contribution in [-0.2, 0) is 4.74 Å². The minimum absolute atomic E-state index is 0.216. The summed E-state index contributed by atoms with van der Waals surface area (Å²) in [5, 5.41) is 3.48. The van der Waals surface area contributed by atoms with E-state index >= 15 is 0 Å². The highest BCUT2D eigenvalue weighted by Crippen LogP contribution is 2.34. The summed E-state index contributed by atoms with van der Waals surface area (Å²) in [4.78, 5) is 33.3. The Morgan fingerprint density at radius 2 is 1.71 bits per heavy atom. The van der Waals surface area contributed by atoms with Crippen LogP contribution in [0.5, 0.6) is 0 Å². The molecule has 2 aliphatic rings. The van der Waals surface area contributed by atoms with Crippen LogP contribution >= 0.6 is 11.6 Å². The van der Waals surface area contributed by atoms with Crippen LogP contribution in [0.1, 0.15) is 31.1 Å². The molecule has 164 valence electrons. The van der Waals surface area contributed by atoms with Gasteiger partial charge in [0.15, 0.2) is 0 Å². The van der Waals surface area contributed by atoms with Crippen LogP contribution in [0.15, 0.2) is 42.7 Å². The molecule has 0 radical (unpaired) electrons. The summed E-state index contributed by atoms with van der Waals surface area (Å²) in [6.45, 7) is 8.69. The van der Waals surface area contributed by atoms with Crippen molar-refractivity contribution in [3.8, 4) is 0 Å². The van der Waals surface area contributed by atoms with Gasteiger partial charge in [-0.05, 0) is 51.1 Å². The Morgan fingerprint density at radius 1 is 1.06 bits per heavy atom. The number of hydrogen-bond acceptors (Lipinski definition) is 5. The second-order valence-electron chi connectivity index (χ2n) is 9.20. The molecule has 0 spiro atoms. The maximum absolute atomic E-state index is 12.6. The third-order valence-corrected chi connectivity index (χ3v) is 5.84. The Labute approximate surface area is 187 Å². The van der Waals surface area contributed by atoms with Crippen LogP contribution in [0.3, 0.4) is 0 Å². The van der Waals surface area contributed by atoms with Crippen molar-refractivity contribution in [2.45, 2.75) is 26.4 Å². The smallest absolute Gasteiger partial charge is 0.410 e. The number of ether oxygens (including phenoxy) is 1. The summed E-state index contributed by atoms with van der Waals surface area (Å²) < 4.78 is 5.51. The van der Waals surface area contributed by atoms with Crippen molar-refractivity contribution in [3.05, 3.63) is 53.3 Å². The van der Waals surface area contributed by atoms with E-state index in [-0.39, 0.29) is 12.0 Å². The summed E-state index contributed by atoms with van der Waals surface area (Å²) in [7, 11) is 0. The van der Waals surface area contributed by atoms with E-state index in [0.717, 1.165) is 18.8 Å². The van der Waals surface area contributed by atoms with Gasteiger partial charge in [-0.25, -0.2) is 4.79 Å². The lowest BCUT2D eigenvalue weighted by Crippen LogP contribution is -2.37. The second-order valence-corrected chi connectivity index (χ2v) is 9.64. The normalized spacial score (nSPS) is 20.5. The Balaban J connectivity index is 1.37. The first-order chi connectivity index (χ1) is 14.7. The number of rotatable bonds is 3. The van der Waals surface area contributed by atoms with E-state index < -0.39 is 5.60 Å². The zero-order valence-corrected chi connectivity index (χ0v) is 18.7. The Hall–Kier alpha value is -2.80. The highest BCUT2D eigenvalue weighted by atomic mass is 35.5. The molecule has 0 aliphatic carbocycles. The average Bonchev–Trinajstić information content (AvgIpc) is 3.28. The van der Waals surface area contributed by atoms with Crippen molar-refractivity contribution in [3.63, 3.8) is 0 Å². The standard InChI is InChI=1S/C23H27ClN4O3/c1-23(2,3)31-22(30)28-13-16-11-27(12-17(16)14-28)20-8-15(9-25-10-20)21(29)26-19-6-4-18(24)5-7-19/h4-10,16-17H,11-14H2,1-3H3,(H,26,29)/t16-,17+. The first-order valence-electron chi connectivity index (χ1n) is 10.4. The topological polar surface area (TPSA) is 74.8 Å². The number of anilines is 2. The van der Waals surface area contributed by atoms with E-state index in [1.807, 2.05) is 31.7 Å². The van der Waals surface area contributed by atoms with Gasteiger partial charge in [0.05, 0.1) is 17.4 Å². The van der Waals surface area contributed by atoms with Gasteiger partial charge in [0.1, 0.15) is 5.60 Å². The zero-order valence-electron chi connectivity index (χ0n) is 18.0. The molecule has 4 rings (SSSR count). The Kier molecular flexibility index (Phi) is 5.79. The molecule has 7 nitrogen and oxygen atoms in total. The number of halogens is 1. The number of benzene rings is 1. The lowest BCUT2D eigenvalue weighted by atomic mass is 10.0. The van der Waals surface area contributed by atoms with E-state index in [2.05, 4.69) is 15.2 Å². The number of likely N-dealkylation sites (tertiary alicyclic amines) is 1. The molecule has 8 heteroatoms. The van der Waals surface area contributed by atoms with Gasteiger partial charge in [0.2, 0.25) is 0 Å². The molecule has 0 saturated carbocycles. The van der Waals surface area contributed by atoms with Gasteiger partial charge < -0.3 is 19.9 Å². The average molecular weight is 443 g/mol. The van der Waals surface area contributed by atoms with Crippen LogP contribution in [0.2, 0.25) is 5.02 Å². The Bertz CT molecular complexity index is 960. The summed E-state index contributed by atoms with van der Waals surface area (Å²) in [5.74, 6) is 0.560. The third kappa shape index (κ3) is 5.10. The Morgan fingerprint density at radius 3 is 2.32 bits per heavy atom. The predicted octanol–water partition coefficient (Wildman–Crippen LogP) is 4.29. The van der Waals surface area contributed by atoms with Gasteiger partial charge >= 0.3 is 6.09 Å². The lowest BCUT2D eigenvalue weighted by Gasteiger charge is -2.26. The highest BCUT2D eigenvalue weighted by molar-refractivity contribution is 6.30. The maximum atomic E-state index is 12.6. The summed E-state index contributed by atoms with van der Waals surface area (Å²) >= 11 is 5.90. The summed E-state index contributed by atoms with van der Waals surface area (Å²) in [5.41, 5.74) is 1.61. The fraction of sp³-hybridized carbons (Fsp3) is 0.435. The SMILES string of the molecule is CC(C)(C)OC(=O)N1C[C@@H]2CN(c3cncc(C(=O)Nc4ccc(Cl)cc4)c3)C[C@@H]2C1. The van der Waals surface area contributed by atoms with Crippen LogP contribution in [0.4, 0.5) is 16.2 Å². The number of aromatic nitrogens is 1. The fourth-order valence-corrected chi connectivity index (χ4v) is 4.27.